The Morgan fingerprint density at radius 2 is 1.71 bits per heavy atom. The summed E-state index contributed by atoms with van der Waals surface area (Å²) in [5.74, 6) is 0.769. The highest BCUT2D eigenvalue weighted by atomic mass is 32.2. The predicted molar refractivity (Wildman–Crippen MR) is 120 cm³/mol. The highest BCUT2D eigenvalue weighted by Gasteiger charge is 2.31. The van der Waals surface area contributed by atoms with Crippen LogP contribution in [0.5, 0.6) is 0 Å². The van der Waals surface area contributed by atoms with Gasteiger partial charge in [-0.2, -0.15) is 4.98 Å². The highest BCUT2D eigenvalue weighted by Crippen LogP contribution is 2.40. The number of carbonyl (C=O) groups excluding carboxylic acids is 1. The van der Waals surface area contributed by atoms with Crippen molar-refractivity contribution in [2.75, 3.05) is 22.2 Å². The minimum atomic E-state index is -3.77. The summed E-state index contributed by atoms with van der Waals surface area (Å²) in [7, 11) is -2.07. The summed E-state index contributed by atoms with van der Waals surface area (Å²) < 4.78 is 22.9. The monoisotopic (exact) mass is 438 g/mol. The van der Waals surface area contributed by atoms with Crippen LogP contribution in [0.4, 0.5) is 28.8 Å². The van der Waals surface area contributed by atoms with E-state index in [2.05, 4.69) is 10.3 Å². The van der Waals surface area contributed by atoms with Crippen molar-refractivity contribution < 1.29 is 13.2 Å². The molecular formula is C21H22N6O3S. The van der Waals surface area contributed by atoms with Crippen LogP contribution in [0, 0.1) is 0 Å². The number of nitrogens with zero attached hydrogens (tertiary/aromatic N) is 4. The van der Waals surface area contributed by atoms with Crippen LogP contribution in [0.1, 0.15) is 24.2 Å². The van der Waals surface area contributed by atoms with Gasteiger partial charge in [0, 0.05) is 18.8 Å². The van der Waals surface area contributed by atoms with Crippen LogP contribution in [0.25, 0.3) is 0 Å². The van der Waals surface area contributed by atoms with Crippen molar-refractivity contribution in [2.45, 2.75) is 24.8 Å². The zero-order valence-corrected chi connectivity index (χ0v) is 18.1. The Labute approximate surface area is 180 Å². The van der Waals surface area contributed by atoms with E-state index in [1.165, 1.54) is 12.1 Å². The van der Waals surface area contributed by atoms with Gasteiger partial charge in [-0.3, -0.25) is 4.79 Å². The zero-order chi connectivity index (χ0) is 22.3. The fourth-order valence-electron chi connectivity index (χ4n) is 3.49. The minimum absolute atomic E-state index is 0.0172. The van der Waals surface area contributed by atoms with Crippen molar-refractivity contribution in [2.24, 2.45) is 5.14 Å². The molecular weight excluding hydrogens is 416 g/mol. The Morgan fingerprint density at radius 1 is 1.03 bits per heavy atom. The van der Waals surface area contributed by atoms with E-state index in [1.807, 2.05) is 36.9 Å². The number of nitrogens with two attached hydrogens (primary N) is 1. The quantitative estimate of drug-likeness (QED) is 0.642. The molecule has 4 rings (SSSR count). The molecule has 1 aliphatic heterocycles. The molecule has 3 N–H and O–H groups in total. The van der Waals surface area contributed by atoms with Gasteiger partial charge >= 0.3 is 0 Å². The summed E-state index contributed by atoms with van der Waals surface area (Å²) in [5, 5.41) is 8.22. The molecule has 2 aromatic carbocycles. The number of anilines is 5. The molecule has 1 aromatic heterocycles. The third-order valence-corrected chi connectivity index (χ3v) is 5.92. The van der Waals surface area contributed by atoms with E-state index in [1.54, 1.807) is 36.3 Å². The fraction of sp³-hybridized carbons (Fsp3) is 0.190. The molecule has 0 saturated heterocycles. The fourth-order valence-corrected chi connectivity index (χ4v) is 4.00. The maximum atomic E-state index is 13.0. The number of para-hydroxylation sites is 1. The van der Waals surface area contributed by atoms with Crippen molar-refractivity contribution in [1.29, 1.82) is 0 Å². The lowest BCUT2D eigenvalue weighted by Crippen LogP contribution is -2.27. The molecule has 160 valence electrons. The van der Waals surface area contributed by atoms with Crippen LogP contribution in [0.15, 0.2) is 59.6 Å². The third-order valence-electron chi connectivity index (χ3n) is 4.99. The summed E-state index contributed by atoms with van der Waals surface area (Å²) in [6, 6.07) is 13.4. The minimum Gasteiger partial charge on any atom is -0.324 e. The molecule has 0 saturated carbocycles. The second-order valence-corrected chi connectivity index (χ2v) is 9.00. The van der Waals surface area contributed by atoms with Crippen LogP contribution >= 0.6 is 0 Å². The van der Waals surface area contributed by atoms with Crippen molar-refractivity contribution in [3.63, 3.8) is 0 Å². The first kappa shape index (κ1) is 20.8. The third kappa shape index (κ3) is 3.82. The Hall–Kier alpha value is -3.50. The summed E-state index contributed by atoms with van der Waals surface area (Å²) in [4.78, 5) is 25.6. The number of carbonyl (C=O) groups is 1. The van der Waals surface area contributed by atoms with Gasteiger partial charge < -0.3 is 15.1 Å². The van der Waals surface area contributed by atoms with E-state index < -0.39 is 10.0 Å². The average Bonchev–Trinajstić information content (AvgIpc) is 2.81. The molecule has 10 heteroatoms. The van der Waals surface area contributed by atoms with Crippen molar-refractivity contribution in [3.8, 4) is 0 Å². The molecule has 0 aliphatic carbocycles. The number of fused-ring (bicyclic) bond motifs is 2. The van der Waals surface area contributed by atoms with Gasteiger partial charge in [0.15, 0.2) is 5.82 Å². The van der Waals surface area contributed by atoms with Crippen LogP contribution in [-0.2, 0) is 10.0 Å². The molecule has 0 atom stereocenters. The number of primary sulfonamides is 1. The highest BCUT2D eigenvalue weighted by molar-refractivity contribution is 7.89. The molecule has 0 bridgehead atoms. The van der Waals surface area contributed by atoms with Gasteiger partial charge in [-0.15, -0.1) is 0 Å². The van der Waals surface area contributed by atoms with Crippen LogP contribution in [0.3, 0.4) is 0 Å². The van der Waals surface area contributed by atoms with Gasteiger partial charge in [0.05, 0.1) is 22.3 Å². The average molecular weight is 439 g/mol. The maximum absolute atomic E-state index is 13.0. The van der Waals surface area contributed by atoms with Gasteiger partial charge in [-0.25, -0.2) is 18.5 Å². The number of hydrogen-bond acceptors (Lipinski definition) is 7. The zero-order valence-electron chi connectivity index (χ0n) is 17.3. The first-order valence-corrected chi connectivity index (χ1v) is 11.1. The van der Waals surface area contributed by atoms with Gasteiger partial charge in [-0.1, -0.05) is 12.1 Å². The van der Waals surface area contributed by atoms with Gasteiger partial charge in [-0.05, 0) is 50.2 Å². The van der Waals surface area contributed by atoms with E-state index in [4.69, 9.17) is 10.1 Å². The predicted octanol–water partition coefficient (Wildman–Crippen LogP) is 3.00. The number of hydrogen-bond donors (Lipinski definition) is 2. The molecule has 1 aliphatic rings. The number of amides is 1. The Morgan fingerprint density at radius 3 is 2.35 bits per heavy atom. The first-order valence-electron chi connectivity index (χ1n) is 9.60. The van der Waals surface area contributed by atoms with Gasteiger partial charge in [0.2, 0.25) is 16.0 Å². The molecule has 31 heavy (non-hydrogen) atoms. The lowest BCUT2D eigenvalue weighted by atomic mass is 10.1. The second-order valence-electron chi connectivity index (χ2n) is 7.44. The topological polar surface area (TPSA) is 122 Å². The summed E-state index contributed by atoms with van der Waals surface area (Å²) in [5.41, 5.74) is 2.55. The lowest BCUT2D eigenvalue weighted by molar-refractivity contribution is 0.0994. The van der Waals surface area contributed by atoms with Crippen LogP contribution in [-0.4, -0.2) is 37.4 Å². The standard InChI is InChI=1S/C21H22N6O3S/c1-13(2)27-17-7-5-4-6-16(17)20(28)26(3)18-12-23-21(25-19(18)27)24-14-8-10-15(11-9-14)31(22,29)30/h4-13H,1-3H3,(H2,22,29,30)(H,23,24,25). The molecule has 0 radical (unpaired) electrons. The largest absolute Gasteiger partial charge is 0.324 e. The van der Waals surface area contributed by atoms with Crippen molar-refractivity contribution >= 4 is 44.8 Å². The molecule has 0 unspecified atom stereocenters. The molecule has 1 amide bonds. The van der Waals surface area contributed by atoms with Crippen LogP contribution in [0.2, 0.25) is 0 Å². The first-order chi connectivity index (χ1) is 14.7. The molecule has 0 fully saturated rings. The molecule has 0 spiro atoms. The van der Waals surface area contributed by atoms with Crippen molar-refractivity contribution in [1.82, 2.24) is 9.97 Å². The van der Waals surface area contributed by atoms with Crippen LogP contribution < -0.4 is 20.3 Å². The lowest BCUT2D eigenvalue weighted by Gasteiger charge is -2.29. The second kappa shape index (κ2) is 7.64. The smallest absolute Gasteiger partial charge is 0.260 e. The normalized spacial score (nSPS) is 13.6. The number of nitrogens with one attached hydrogen (secondary N) is 1. The maximum Gasteiger partial charge on any atom is 0.260 e. The summed E-state index contributed by atoms with van der Waals surface area (Å²) in [6.45, 7) is 4.05. The van der Waals surface area contributed by atoms with Crippen molar-refractivity contribution in [3.05, 3.63) is 60.3 Å². The SMILES string of the molecule is CC(C)N1c2ccccc2C(=O)N(C)c2cnc(Nc3ccc(S(N)(=O)=O)cc3)nc21. The van der Waals surface area contributed by atoms with E-state index >= 15 is 0 Å². The van der Waals surface area contributed by atoms with E-state index in [9.17, 15) is 13.2 Å². The number of aromatic nitrogens is 2. The van der Waals surface area contributed by atoms with Gasteiger partial charge in [0.25, 0.3) is 5.91 Å². The number of sulfonamides is 1. The van der Waals surface area contributed by atoms with E-state index in [-0.39, 0.29) is 16.8 Å². The molecule has 3 aromatic rings. The Balaban J connectivity index is 1.77. The summed E-state index contributed by atoms with van der Waals surface area (Å²) >= 11 is 0. The molecule has 2 heterocycles. The van der Waals surface area contributed by atoms with E-state index in [0.29, 0.717) is 28.7 Å². The summed E-state index contributed by atoms with van der Waals surface area (Å²) in [6.07, 6.45) is 1.60. The molecule has 9 nitrogen and oxygen atoms in total. The Kier molecular flexibility index (Phi) is 5.11. The number of rotatable bonds is 4. The number of benzene rings is 2. The van der Waals surface area contributed by atoms with Gasteiger partial charge in [0.1, 0.15) is 5.69 Å². The van der Waals surface area contributed by atoms with E-state index in [0.717, 1.165) is 5.69 Å². The Bertz CT molecular complexity index is 1260.